The third-order valence-electron chi connectivity index (χ3n) is 1.59. The summed E-state index contributed by atoms with van der Waals surface area (Å²) in [5, 5.41) is 17.7. The van der Waals surface area contributed by atoms with Crippen LogP contribution in [0, 0.1) is 10.1 Å². The van der Waals surface area contributed by atoms with Crippen LogP contribution in [-0.4, -0.2) is 17.1 Å². The van der Waals surface area contributed by atoms with Gasteiger partial charge in [-0.3, -0.25) is 10.1 Å². The van der Waals surface area contributed by atoms with Crippen molar-refractivity contribution < 1.29 is 4.92 Å². The van der Waals surface area contributed by atoms with Gasteiger partial charge in [-0.05, 0) is 6.07 Å². The number of hydrogen-bond donors (Lipinski definition) is 2. The first-order valence-electron chi connectivity index (χ1n) is 4.07. The first kappa shape index (κ1) is 11.9. The Kier molecular flexibility index (Phi) is 3.78. The molecule has 4 N–H and O–H groups in total. The zero-order valence-electron chi connectivity index (χ0n) is 8.00. The lowest BCUT2D eigenvalue weighted by Gasteiger charge is -1.98. The number of benzene rings is 1. The smallest absolute Gasteiger partial charge is 0.279 e. The Morgan fingerprint density at radius 1 is 1.50 bits per heavy atom. The van der Waals surface area contributed by atoms with Gasteiger partial charge in [0, 0.05) is 6.07 Å². The highest BCUT2D eigenvalue weighted by Gasteiger charge is 2.14. The van der Waals surface area contributed by atoms with Crippen molar-refractivity contribution in [2.45, 2.75) is 0 Å². The van der Waals surface area contributed by atoms with E-state index in [1.165, 1.54) is 18.2 Å². The van der Waals surface area contributed by atoms with Gasteiger partial charge in [-0.25, -0.2) is 0 Å². The van der Waals surface area contributed by atoms with Gasteiger partial charge in [-0.15, -0.1) is 5.10 Å². The van der Waals surface area contributed by atoms with Crippen LogP contribution in [0.25, 0.3) is 0 Å². The Morgan fingerprint density at radius 2 is 2.19 bits per heavy atom. The van der Waals surface area contributed by atoms with Crippen molar-refractivity contribution in [1.29, 1.82) is 0 Å². The highest BCUT2D eigenvalue weighted by molar-refractivity contribution is 6.33. The van der Waals surface area contributed by atoms with E-state index >= 15 is 0 Å². The van der Waals surface area contributed by atoms with Crippen LogP contribution in [0.4, 0.5) is 5.69 Å². The average molecular weight is 242 g/mol. The number of rotatable bonds is 3. The highest BCUT2D eigenvalue weighted by atomic mass is 35.5. The van der Waals surface area contributed by atoms with E-state index in [9.17, 15) is 10.1 Å². The Bertz CT molecular complexity index is 467. The first-order valence-corrected chi connectivity index (χ1v) is 4.45. The summed E-state index contributed by atoms with van der Waals surface area (Å²) in [6.07, 6.45) is 1.13. The number of nitrogens with zero attached hydrogens (tertiary/aromatic N) is 3. The molecule has 0 aliphatic heterocycles. The standard InChI is InChI=1S/C8H8ClN5O2/c9-6-2-1-3-7(14(15)16)5(6)4-12-13-8(10)11/h1-4H,(H4,10,11,13)/b12-4+. The lowest BCUT2D eigenvalue weighted by Crippen LogP contribution is -2.21. The number of hydrogen-bond acceptors (Lipinski definition) is 4. The lowest BCUT2D eigenvalue weighted by atomic mass is 10.2. The van der Waals surface area contributed by atoms with Crippen LogP contribution in [-0.2, 0) is 0 Å². The normalized spacial score (nSPS) is 10.3. The number of nitro benzene ring substituents is 1. The number of nitro groups is 1. The van der Waals surface area contributed by atoms with E-state index < -0.39 is 4.92 Å². The minimum atomic E-state index is -0.567. The molecule has 0 bridgehead atoms. The second-order valence-electron chi connectivity index (χ2n) is 2.70. The molecule has 0 unspecified atom stereocenters. The Labute approximate surface area is 95.6 Å². The molecule has 1 aromatic rings. The van der Waals surface area contributed by atoms with Crippen LogP contribution in [0.1, 0.15) is 5.56 Å². The number of halogens is 1. The van der Waals surface area contributed by atoms with Gasteiger partial charge in [0.25, 0.3) is 5.69 Å². The molecular formula is C8H8ClN5O2. The fourth-order valence-corrected chi connectivity index (χ4v) is 1.18. The molecule has 16 heavy (non-hydrogen) atoms. The molecule has 0 fully saturated rings. The topological polar surface area (TPSA) is 120 Å². The van der Waals surface area contributed by atoms with Crippen molar-refractivity contribution in [3.05, 3.63) is 38.9 Å². The minimum Gasteiger partial charge on any atom is -0.369 e. The van der Waals surface area contributed by atoms with Gasteiger partial charge < -0.3 is 11.5 Å². The summed E-state index contributed by atoms with van der Waals surface area (Å²) in [7, 11) is 0. The molecule has 0 heterocycles. The highest BCUT2D eigenvalue weighted by Crippen LogP contribution is 2.24. The Balaban J connectivity index is 3.16. The Hall–Kier alpha value is -2.15. The molecule has 84 valence electrons. The SMILES string of the molecule is NC(N)=N/N=C/c1c(Cl)cccc1[N+](=O)[O-]. The van der Waals surface area contributed by atoms with Crippen molar-refractivity contribution in [3.63, 3.8) is 0 Å². The molecule has 0 amide bonds. The molecule has 0 atom stereocenters. The van der Waals surface area contributed by atoms with E-state index in [1.54, 1.807) is 0 Å². The quantitative estimate of drug-likeness (QED) is 0.353. The van der Waals surface area contributed by atoms with Gasteiger partial charge in [0.05, 0.1) is 21.7 Å². The number of nitrogens with two attached hydrogens (primary N) is 2. The summed E-state index contributed by atoms with van der Waals surface area (Å²) in [5.74, 6) is -0.244. The Morgan fingerprint density at radius 3 is 2.75 bits per heavy atom. The summed E-state index contributed by atoms with van der Waals surface area (Å²) in [4.78, 5) is 10.1. The molecule has 0 radical (unpaired) electrons. The second-order valence-corrected chi connectivity index (χ2v) is 3.11. The first-order chi connectivity index (χ1) is 7.52. The van der Waals surface area contributed by atoms with E-state index in [-0.39, 0.29) is 22.2 Å². The van der Waals surface area contributed by atoms with E-state index in [2.05, 4.69) is 10.2 Å². The van der Waals surface area contributed by atoms with Crippen LogP contribution >= 0.6 is 11.6 Å². The van der Waals surface area contributed by atoms with E-state index in [1.807, 2.05) is 0 Å². The van der Waals surface area contributed by atoms with Crippen molar-refractivity contribution in [2.75, 3.05) is 0 Å². The van der Waals surface area contributed by atoms with Gasteiger partial charge in [-0.2, -0.15) is 5.10 Å². The molecule has 0 saturated heterocycles. The van der Waals surface area contributed by atoms with Gasteiger partial charge in [0.15, 0.2) is 0 Å². The zero-order valence-corrected chi connectivity index (χ0v) is 8.76. The maximum absolute atomic E-state index is 10.7. The van der Waals surface area contributed by atoms with Crippen LogP contribution in [0.15, 0.2) is 28.4 Å². The molecule has 8 heteroatoms. The van der Waals surface area contributed by atoms with Crippen LogP contribution in [0.3, 0.4) is 0 Å². The third-order valence-corrected chi connectivity index (χ3v) is 1.92. The van der Waals surface area contributed by atoms with Gasteiger partial charge in [0.1, 0.15) is 0 Å². The lowest BCUT2D eigenvalue weighted by molar-refractivity contribution is -0.385. The van der Waals surface area contributed by atoms with Crippen molar-refractivity contribution in [2.24, 2.45) is 21.7 Å². The third kappa shape index (κ3) is 2.92. The van der Waals surface area contributed by atoms with Crippen molar-refractivity contribution >= 4 is 29.5 Å². The zero-order chi connectivity index (χ0) is 12.1. The summed E-state index contributed by atoms with van der Waals surface area (Å²) >= 11 is 5.78. The summed E-state index contributed by atoms with van der Waals surface area (Å²) < 4.78 is 0. The summed E-state index contributed by atoms with van der Waals surface area (Å²) in [5.41, 5.74) is 10.1. The predicted molar refractivity (Wildman–Crippen MR) is 61.5 cm³/mol. The van der Waals surface area contributed by atoms with Crippen LogP contribution in [0.2, 0.25) is 5.02 Å². The summed E-state index contributed by atoms with van der Waals surface area (Å²) in [6, 6.07) is 4.28. The molecule has 0 saturated carbocycles. The molecule has 0 aliphatic carbocycles. The number of guanidine groups is 1. The van der Waals surface area contributed by atoms with E-state index in [4.69, 9.17) is 23.1 Å². The fourth-order valence-electron chi connectivity index (χ4n) is 0.966. The average Bonchev–Trinajstić information content (AvgIpc) is 2.19. The molecule has 0 aliphatic rings. The minimum absolute atomic E-state index is 0.152. The van der Waals surface area contributed by atoms with E-state index in [0.717, 1.165) is 6.21 Å². The van der Waals surface area contributed by atoms with Crippen molar-refractivity contribution in [3.8, 4) is 0 Å². The van der Waals surface area contributed by atoms with E-state index in [0.29, 0.717) is 0 Å². The monoisotopic (exact) mass is 241 g/mol. The van der Waals surface area contributed by atoms with Crippen LogP contribution < -0.4 is 11.5 Å². The van der Waals surface area contributed by atoms with Gasteiger partial charge in [0.2, 0.25) is 5.96 Å². The van der Waals surface area contributed by atoms with Crippen LogP contribution in [0.5, 0.6) is 0 Å². The second kappa shape index (κ2) is 5.08. The molecular weight excluding hydrogens is 234 g/mol. The van der Waals surface area contributed by atoms with Gasteiger partial charge >= 0.3 is 0 Å². The largest absolute Gasteiger partial charge is 0.369 e. The van der Waals surface area contributed by atoms with Gasteiger partial charge in [-0.1, -0.05) is 17.7 Å². The summed E-state index contributed by atoms with van der Waals surface area (Å²) in [6.45, 7) is 0. The maximum atomic E-state index is 10.7. The molecule has 0 aromatic heterocycles. The van der Waals surface area contributed by atoms with Crippen molar-refractivity contribution in [1.82, 2.24) is 0 Å². The predicted octanol–water partition coefficient (Wildman–Crippen LogP) is 0.856. The molecule has 1 rings (SSSR count). The molecule has 0 spiro atoms. The molecule has 7 nitrogen and oxygen atoms in total. The fraction of sp³-hybridized carbons (Fsp3) is 0. The maximum Gasteiger partial charge on any atom is 0.279 e. The molecule has 1 aromatic carbocycles.